The third-order valence-electron chi connectivity index (χ3n) is 5.97. The number of anilines is 1. The van der Waals surface area contributed by atoms with Gasteiger partial charge in [0.15, 0.2) is 0 Å². The molecule has 2 N–H and O–H groups in total. The summed E-state index contributed by atoms with van der Waals surface area (Å²) in [5.74, 6) is -0.114. The molecule has 3 aliphatic rings. The molecule has 0 unspecified atom stereocenters. The van der Waals surface area contributed by atoms with E-state index in [1.807, 2.05) is 30.5 Å². The first-order valence-electron chi connectivity index (χ1n) is 10.7. The number of carbonyl (C=O) groups is 2. The van der Waals surface area contributed by atoms with Gasteiger partial charge in [0.25, 0.3) is 5.91 Å². The van der Waals surface area contributed by atoms with E-state index in [1.165, 1.54) is 5.56 Å². The molecule has 2 saturated heterocycles. The number of cyclic esters (lactones) is 1. The number of nitrogens with one attached hydrogen (secondary N) is 2. The zero-order valence-electron chi connectivity index (χ0n) is 17.4. The molecule has 0 saturated carbocycles. The zero-order valence-corrected chi connectivity index (χ0v) is 17.4. The van der Waals surface area contributed by atoms with Crippen LogP contribution in [0.25, 0.3) is 11.6 Å². The second-order valence-electron chi connectivity index (χ2n) is 8.10. The number of ether oxygens (including phenoxy) is 2. The summed E-state index contributed by atoms with van der Waals surface area (Å²) in [7, 11) is 0. The molecular weight excluding hydrogens is 396 g/mol. The van der Waals surface area contributed by atoms with Gasteiger partial charge in [-0.25, -0.2) is 4.79 Å². The molecule has 4 heterocycles. The van der Waals surface area contributed by atoms with Crippen molar-refractivity contribution in [2.45, 2.75) is 13.0 Å². The van der Waals surface area contributed by atoms with E-state index in [2.05, 4.69) is 21.3 Å². The molecule has 31 heavy (non-hydrogen) atoms. The summed E-state index contributed by atoms with van der Waals surface area (Å²) in [4.78, 5) is 31.7. The fourth-order valence-corrected chi connectivity index (χ4v) is 4.22. The predicted molar refractivity (Wildman–Crippen MR) is 116 cm³/mol. The van der Waals surface area contributed by atoms with Crippen LogP contribution in [0.5, 0.6) is 0 Å². The van der Waals surface area contributed by atoms with Crippen LogP contribution in [-0.4, -0.2) is 72.8 Å². The highest BCUT2D eigenvalue weighted by Crippen LogP contribution is 2.34. The van der Waals surface area contributed by atoms with Crippen LogP contribution in [0.3, 0.4) is 0 Å². The van der Waals surface area contributed by atoms with Crippen molar-refractivity contribution >= 4 is 29.3 Å². The summed E-state index contributed by atoms with van der Waals surface area (Å²) >= 11 is 0. The van der Waals surface area contributed by atoms with Crippen LogP contribution in [0, 0.1) is 0 Å². The van der Waals surface area contributed by atoms with Crippen LogP contribution in [0.4, 0.5) is 10.5 Å². The van der Waals surface area contributed by atoms with Crippen LogP contribution >= 0.6 is 0 Å². The molecule has 0 radical (unpaired) electrons. The number of morpholine rings is 1. The molecular formula is C23H26N4O4. The number of rotatable bonds is 6. The molecule has 2 fully saturated rings. The van der Waals surface area contributed by atoms with Crippen molar-refractivity contribution in [2.24, 2.45) is 0 Å². The van der Waals surface area contributed by atoms with Crippen molar-refractivity contribution in [3.05, 3.63) is 52.8 Å². The lowest BCUT2D eigenvalue weighted by atomic mass is 10.0. The minimum absolute atomic E-state index is 0.114. The van der Waals surface area contributed by atoms with Gasteiger partial charge < -0.3 is 24.7 Å². The van der Waals surface area contributed by atoms with Crippen molar-refractivity contribution in [1.29, 1.82) is 0 Å². The molecule has 0 bridgehead atoms. The van der Waals surface area contributed by atoms with Crippen LogP contribution in [0.1, 0.15) is 22.4 Å². The van der Waals surface area contributed by atoms with E-state index in [1.54, 1.807) is 4.90 Å². The molecule has 1 aromatic carbocycles. The molecule has 8 nitrogen and oxygen atoms in total. The van der Waals surface area contributed by atoms with Gasteiger partial charge in [0.05, 0.1) is 25.3 Å². The average Bonchev–Trinajstić information content (AvgIpc) is 3.48. The predicted octanol–water partition coefficient (Wildman–Crippen LogP) is 2.33. The maximum atomic E-state index is 12.6. The van der Waals surface area contributed by atoms with Crippen molar-refractivity contribution in [3.8, 4) is 0 Å². The first-order valence-corrected chi connectivity index (χ1v) is 10.7. The van der Waals surface area contributed by atoms with Crippen LogP contribution in [0.2, 0.25) is 0 Å². The number of hydrogen-bond acceptors (Lipinski definition) is 5. The highest BCUT2D eigenvalue weighted by Gasteiger charge is 2.26. The van der Waals surface area contributed by atoms with E-state index in [9.17, 15) is 9.59 Å². The first-order chi connectivity index (χ1) is 15.2. The number of benzene rings is 1. The fourth-order valence-electron chi connectivity index (χ4n) is 4.22. The zero-order chi connectivity index (χ0) is 21.2. The van der Waals surface area contributed by atoms with Crippen molar-refractivity contribution in [2.75, 3.05) is 51.3 Å². The van der Waals surface area contributed by atoms with Crippen LogP contribution in [0.15, 0.2) is 30.5 Å². The number of carbonyl (C=O) groups excluding carboxylic acids is 2. The Hall–Kier alpha value is -3.10. The fraction of sp³-hybridized carbons (Fsp3) is 0.391. The molecule has 0 aliphatic carbocycles. The lowest BCUT2D eigenvalue weighted by Crippen LogP contribution is -2.37. The summed E-state index contributed by atoms with van der Waals surface area (Å²) < 4.78 is 10.4. The third kappa shape index (κ3) is 4.35. The molecule has 162 valence electrons. The molecule has 3 aliphatic heterocycles. The Kier molecular flexibility index (Phi) is 5.48. The number of fused-ring (bicyclic) bond motifs is 1. The quantitative estimate of drug-likeness (QED) is 0.698. The standard InChI is InChI=1S/C23H26N4O4/c28-22-20(13-18-11-16(14-24-18)3-4-26-5-8-30-9-6-26)19-12-17(1-2-21(19)25-22)15-27-7-10-31-23(27)29/h1-2,11-14,24H,3-10,15H2,(H,25,28)/b20-13-. The van der Waals surface area contributed by atoms with Crippen molar-refractivity contribution in [3.63, 3.8) is 0 Å². The molecule has 1 aromatic heterocycles. The smallest absolute Gasteiger partial charge is 0.410 e. The van der Waals surface area contributed by atoms with Crippen molar-refractivity contribution in [1.82, 2.24) is 14.8 Å². The maximum absolute atomic E-state index is 12.6. The summed E-state index contributed by atoms with van der Waals surface area (Å²) in [5.41, 5.74) is 5.38. The normalized spacial score (nSPS) is 20.3. The number of nitrogens with zero attached hydrogens (tertiary/aromatic N) is 2. The second kappa shape index (κ2) is 8.56. The number of H-pyrrole nitrogens is 1. The van der Waals surface area contributed by atoms with Gasteiger partial charge in [-0.1, -0.05) is 6.07 Å². The lowest BCUT2D eigenvalue weighted by molar-refractivity contribution is -0.110. The molecule has 5 rings (SSSR count). The van der Waals surface area contributed by atoms with Crippen LogP contribution < -0.4 is 5.32 Å². The Bertz CT molecular complexity index is 1020. The number of hydrogen-bond donors (Lipinski definition) is 2. The molecule has 8 heteroatoms. The maximum Gasteiger partial charge on any atom is 0.410 e. The SMILES string of the molecule is O=C1Nc2ccc(CN3CCOC3=O)cc2/C1=C/c1cc(CCN2CCOCC2)c[nH]1. The monoisotopic (exact) mass is 422 g/mol. The topological polar surface area (TPSA) is 86.9 Å². The summed E-state index contributed by atoms with van der Waals surface area (Å²) in [5, 5.41) is 2.93. The Balaban J connectivity index is 1.30. The molecule has 2 amide bonds. The highest BCUT2D eigenvalue weighted by molar-refractivity contribution is 6.34. The second-order valence-corrected chi connectivity index (χ2v) is 8.10. The van der Waals surface area contributed by atoms with E-state index in [-0.39, 0.29) is 12.0 Å². The van der Waals surface area contributed by atoms with Gasteiger partial charge in [-0.15, -0.1) is 0 Å². The summed E-state index contributed by atoms with van der Waals surface area (Å²) in [6, 6.07) is 7.91. The van der Waals surface area contributed by atoms with Gasteiger partial charge in [-0.3, -0.25) is 9.69 Å². The van der Waals surface area contributed by atoms with E-state index >= 15 is 0 Å². The minimum atomic E-state index is -0.290. The first kappa shape index (κ1) is 19.8. The van der Waals surface area contributed by atoms with Gasteiger partial charge >= 0.3 is 6.09 Å². The van der Waals surface area contributed by atoms with Gasteiger partial charge in [-0.2, -0.15) is 0 Å². The van der Waals surface area contributed by atoms with E-state index in [0.717, 1.165) is 61.8 Å². The van der Waals surface area contributed by atoms with E-state index < -0.39 is 0 Å². The number of aromatic nitrogens is 1. The van der Waals surface area contributed by atoms with Gasteiger partial charge in [0.1, 0.15) is 6.61 Å². The van der Waals surface area contributed by atoms with Gasteiger partial charge in [0.2, 0.25) is 0 Å². The number of aromatic amines is 1. The van der Waals surface area contributed by atoms with Gasteiger partial charge in [-0.05, 0) is 41.8 Å². The Morgan fingerprint density at radius 2 is 1.90 bits per heavy atom. The minimum Gasteiger partial charge on any atom is -0.448 e. The largest absolute Gasteiger partial charge is 0.448 e. The molecule has 2 aromatic rings. The highest BCUT2D eigenvalue weighted by atomic mass is 16.6. The van der Waals surface area contributed by atoms with Gasteiger partial charge in [0, 0.05) is 49.3 Å². The van der Waals surface area contributed by atoms with Crippen molar-refractivity contribution < 1.29 is 19.1 Å². The molecule has 0 atom stereocenters. The Morgan fingerprint density at radius 1 is 1.03 bits per heavy atom. The van der Waals surface area contributed by atoms with E-state index in [0.29, 0.717) is 25.3 Å². The number of amides is 2. The Morgan fingerprint density at radius 3 is 2.71 bits per heavy atom. The summed E-state index contributed by atoms with van der Waals surface area (Å²) in [6.07, 6.45) is 4.57. The molecule has 0 spiro atoms. The van der Waals surface area contributed by atoms with Crippen LogP contribution in [-0.2, 0) is 27.2 Å². The Labute approximate surface area is 180 Å². The van der Waals surface area contributed by atoms with E-state index in [4.69, 9.17) is 9.47 Å². The summed E-state index contributed by atoms with van der Waals surface area (Å²) in [6.45, 7) is 6.07. The third-order valence-corrected chi connectivity index (χ3v) is 5.97. The lowest BCUT2D eigenvalue weighted by Gasteiger charge is -2.26. The average molecular weight is 422 g/mol.